The number of aryl methyl sites for hydroxylation is 3. The minimum absolute atomic E-state index is 0.282. The molecule has 1 fully saturated rings. The van der Waals surface area contributed by atoms with E-state index in [1.807, 2.05) is 37.4 Å². The number of nitrogens with two attached hydrogens (primary N) is 1. The number of fused-ring (bicyclic) bond motifs is 1. The lowest BCUT2D eigenvalue weighted by Crippen LogP contribution is -2.33. The summed E-state index contributed by atoms with van der Waals surface area (Å²) in [6.07, 6.45) is 6.87. The highest BCUT2D eigenvalue weighted by atomic mass is 32.2. The van der Waals surface area contributed by atoms with Crippen LogP contribution in [-0.2, 0) is 16.4 Å². The first-order chi connectivity index (χ1) is 18.2. The molecule has 0 amide bonds. The molecule has 0 aliphatic heterocycles. The summed E-state index contributed by atoms with van der Waals surface area (Å²) >= 11 is 0. The lowest BCUT2D eigenvalue weighted by molar-refractivity contribution is 0.410. The number of nitrogens with zero attached hydrogens (tertiary/aromatic N) is 2. The first kappa shape index (κ1) is 26.1. The summed E-state index contributed by atoms with van der Waals surface area (Å²) in [6, 6.07) is 17.6. The van der Waals surface area contributed by atoms with Crippen molar-refractivity contribution in [1.29, 1.82) is 0 Å². The molecule has 4 N–H and O–H groups in total. The number of anilines is 2. The summed E-state index contributed by atoms with van der Waals surface area (Å²) < 4.78 is 28.6. The third kappa shape index (κ3) is 5.51. The number of benzene rings is 3. The van der Waals surface area contributed by atoms with E-state index in [-0.39, 0.29) is 4.90 Å². The molecule has 1 aromatic heterocycles. The molecule has 0 radical (unpaired) electrons. The van der Waals surface area contributed by atoms with Crippen LogP contribution in [-0.4, -0.2) is 30.5 Å². The second-order valence-electron chi connectivity index (χ2n) is 10.3. The Hall–Kier alpha value is -3.49. The van der Waals surface area contributed by atoms with Gasteiger partial charge in [-0.1, -0.05) is 31.2 Å². The molecule has 38 heavy (non-hydrogen) atoms. The van der Waals surface area contributed by atoms with Gasteiger partial charge < -0.3 is 11.1 Å². The molecular weight excluding hydrogens is 494 g/mol. The van der Waals surface area contributed by atoms with Crippen LogP contribution >= 0.6 is 0 Å². The van der Waals surface area contributed by atoms with Crippen LogP contribution in [0.25, 0.3) is 22.0 Å². The summed E-state index contributed by atoms with van der Waals surface area (Å²) in [7, 11) is -3.67. The zero-order valence-electron chi connectivity index (χ0n) is 22.2. The van der Waals surface area contributed by atoms with Crippen molar-refractivity contribution in [2.45, 2.75) is 69.9 Å². The van der Waals surface area contributed by atoms with E-state index in [0.717, 1.165) is 65.3 Å². The Balaban J connectivity index is 1.41. The van der Waals surface area contributed by atoms with E-state index in [4.69, 9.17) is 10.7 Å². The normalized spacial score (nSPS) is 17.9. The fourth-order valence-corrected chi connectivity index (χ4v) is 6.58. The molecular formula is C30H35N5O2S. The molecule has 1 saturated carbocycles. The van der Waals surface area contributed by atoms with Crippen LogP contribution in [0.3, 0.4) is 0 Å². The number of hydrogen-bond donors (Lipinski definition) is 3. The van der Waals surface area contributed by atoms with Crippen molar-refractivity contribution in [2.24, 2.45) is 5.73 Å². The van der Waals surface area contributed by atoms with Crippen LogP contribution < -0.4 is 15.8 Å². The van der Waals surface area contributed by atoms with Gasteiger partial charge in [0.15, 0.2) is 0 Å². The minimum atomic E-state index is -3.67. The van der Waals surface area contributed by atoms with E-state index in [2.05, 4.69) is 34.1 Å². The van der Waals surface area contributed by atoms with E-state index < -0.39 is 10.0 Å². The van der Waals surface area contributed by atoms with Gasteiger partial charge in [-0.15, -0.1) is 0 Å². The fourth-order valence-electron chi connectivity index (χ4n) is 5.28. The molecule has 7 nitrogen and oxygen atoms in total. The van der Waals surface area contributed by atoms with Gasteiger partial charge in [-0.05, 0) is 104 Å². The summed E-state index contributed by atoms with van der Waals surface area (Å²) in [5.74, 6) is 0.668. The zero-order valence-corrected chi connectivity index (χ0v) is 23.0. The summed E-state index contributed by atoms with van der Waals surface area (Å²) in [6.45, 7) is 5.92. The highest BCUT2D eigenvalue weighted by molar-refractivity contribution is 7.92. The van der Waals surface area contributed by atoms with Gasteiger partial charge in [0.1, 0.15) is 0 Å². The molecule has 0 unspecified atom stereocenters. The van der Waals surface area contributed by atoms with Gasteiger partial charge in [-0.25, -0.2) is 18.4 Å². The lowest BCUT2D eigenvalue weighted by Gasteiger charge is -2.26. The van der Waals surface area contributed by atoms with Gasteiger partial charge in [0.25, 0.3) is 10.0 Å². The van der Waals surface area contributed by atoms with E-state index in [9.17, 15) is 8.42 Å². The van der Waals surface area contributed by atoms with Crippen LogP contribution in [0.4, 0.5) is 11.6 Å². The van der Waals surface area contributed by atoms with Crippen LogP contribution in [0, 0.1) is 13.8 Å². The van der Waals surface area contributed by atoms with Crippen molar-refractivity contribution in [1.82, 2.24) is 9.97 Å². The molecule has 0 bridgehead atoms. The van der Waals surface area contributed by atoms with Crippen LogP contribution in [0.1, 0.15) is 49.3 Å². The van der Waals surface area contributed by atoms with Gasteiger partial charge in [0, 0.05) is 29.4 Å². The first-order valence-electron chi connectivity index (χ1n) is 13.2. The monoisotopic (exact) mass is 529 g/mol. The van der Waals surface area contributed by atoms with E-state index in [0.29, 0.717) is 29.3 Å². The van der Waals surface area contributed by atoms with Crippen molar-refractivity contribution < 1.29 is 8.42 Å². The number of hydrogen-bond acceptors (Lipinski definition) is 6. The van der Waals surface area contributed by atoms with Gasteiger partial charge in [-0.2, -0.15) is 0 Å². The average Bonchev–Trinajstić information content (AvgIpc) is 2.89. The Kier molecular flexibility index (Phi) is 7.36. The molecule has 1 aliphatic carbocycles. The Morgan fingerprint density at radius 1 is 0.974 bits per heavy atom. The van der Waals surface area contributed by atoms with Gasteiger partial charge >= 0.3 is 0 Å². The molecule has 198 valence electrons. The van der Waals surface area contributed by atoms with E-state index >= 15 is 0 Å². The SMILES string of the molecule is CCc1cc(-c2ccc(NS(=O)(=O)c3ccccc3C)cc2C)cc2cnc(NC3CCC(N)CC3)nc12. The maximum absolute atomic E-state index is 13.0. The third-order valence-corrected chi connectivity index (χ3v) is 8.96. The molecule has 4 aromatic rings. The summed E-state index contributed by atoms with van der Waals surface area (Å²) in [4.78, 5) is 9.77. The first-order valence-corrected chi connectivity index (χ1v) is 14.7. The smallest absolute Gasteiger partial charge is 0.262 e. The molecule has 0 spiro atoms. The number of rotatable bonds is 7. The minimum Gasteiger partial charge on any atom is -0.351 e. The van der Waals surface area contributed by atoms with Crippen molar-refractivity contribution in [3.8, 4) is 11.1 Å². The molecule has 0 atom stereocenters. The van der Waals surface area contributed by atoms with Gasteiger partial charge in [0.05, 0.1) is 10.4 Å². The standard InChI is InChI=1S/C30H35N5O2S/c1-4-21-16-22(17-23-18-32-30(34-29(21)23)33-25-11-9-24(31)10-12-25)27-14-13-26(15-20(27)3)35-38(36,37)28-8-6-5-7-19(28)2/h5-8,13-18,24-25,35H,4,9-12,31H2,1-3H3,(H,32,33,34). The topological polar surface area (TPSA) is 110 Å². The van der Waals surface area contributed by atoms with Crippen molar-refractivity contribution in [3.63, 3.8) is 0 Å². The van der Waals surface area contributed by atoms with E-state index in [1.54, 1.807) is 25.1 Å². The Labute approximate surface area is 225 Å². The number of sulfonamides is 1. The van der Waals surface area contributed by atoms with Gasteiger partial charge in [-0.3, -0.25) is 4.72 Å². The Morgan fingerprint density at radius 2 is 1.74 bits per heavy atom. The maximum atomic E-state index is 13.0. The second-order valence-corrected chi connectivity index (χ2v) is 11.9. The van der Waals surface area contributed by atoms with Gasteiger partial charge in [0.2, 0.25) is 5.95 Å². The van der Waals surface area contributed by atoms with Crippen LogP contribution in [0.5, 0.6) is 0 Å². The van der Waals surface area contributed by atoms with Crippen molar-refractivity contribution in [3.05, 3.63) is 77.5 Å². The summed E-state index contributed by atoms with van der Waals surface area (Å²) in [5, 5.41) is 4.49. The number of aromatic nitrogens is 2. The largest absolute Gasteiger partial charge is 0.351 e. The predicted molar refractivity (Wildman–Crippen MR) is 155 cm³/mol. The molecule has 3 aromatic carbocycles. The highest BCUT2D eigenvalue weighted by Crippen LogP contribution is 2.32. The quantitative estimate of drug-likeness (QED) is 0.273. The summed E-state index contributed by atoms with van der Waals surface area (Å²) in [5.41, 5.74) is 12.5. The van der Waals surface area contributed by atoms with Crippen LogP contribution in [0.2, 0.25) is 0 Å². The van der Waals surface area contributed by atoms with Crippen LogP contribution in [0.15, 0.2) is 65.7 Å². The predicted octanol–water partition coefficient (Wildman–Crippen LogP) is 5.96. The molecule has 1 aliphatic rings. The molecule has 0 saturated heterocycles. The number of nitrogens with one attached hydrogen (secondary N) is 2. The highest BCUT2D eigenvalue weighted by Gasteiger charge is 2.20. The second kappa shape index (κ2) is 10.7. The van der Waals surface area contributed by atoms with E-state index in [1.165, 1.54) is 0 Å². The lowest BCUT2D eigenvalue weighted by atomic mass is 9.92. The molecule has 8 heteroatoms. The van der Waals surface area contributed by atoms with Crippen molar-refractivity contribution >= 4 is 32.6 Å². The Morgan fingerprint density at radius 3 is 2.45 bits per heavy atom. The fraction of sp³-hybridized carbons (Fsp3) is 0.333. The Bertz CT molecular complexity index is 1580. The maximum Gasteiger partial charge on any atom is 0.262 e. The zero-order chi connectivity index (χ0) is 26.9. The average molecular weight is 530 g/mol. The van der Waals surface area contributed by atoms with Crippen molar-refractivity contribution in [2.75, 3.05) is 10.0 Å². The third-order valence-electron chi connectivity index (χ3n) is 7.42. The molecule has 1 heterocycles. The molecule has 5 rings (SSSR count).